The molecule has 2 heteroatoms. The Morgan fingerprint density at radius 3 is 2.50 bits per heavy atom. The lowest BCUT2D eigenvalue weighted by atomic mass is 9.76. The second kappa shape index (κ2) is 5.59. The number of hydrogen-bond donors (Lipinski definition) is 0. The van der Waals surface area contributed by atoms with E-state index in [0.29, 0.717) is 6.04 Å². The van der Waals surface area contributed by atoms with Crippen LogP contribution in [0.4, 0.5) is 0 Å². The molecule has 0 N–H and O–H groups in total. The van der Waals surface area contributed by atoms with E-state index in [1.807, 2.05) is 0 Å². The minimum atomic E-state index is 0.519. The molecule has 1 aromatic rings. The van der Waals surface area contributed by atoms with Crippen molar-refractivity contribution in [1.29, 1.82) is 0 Å². The molecular weight excluding hydrogens is 244 g/mol. The standard InChI is InChI=1S/C18H27N2/c1-14-9-7-8-12-16(14)18-13-17(19(2)20(18)3)15-10-5-4-6-11-15/h4-6,10-11,14,16-17H,7-9,12-13H2,1-3H3/q+1. The van der Waals surface area contributed by atoms with E-state index in [4.69, 9.17) is 0 Å². The van der Waals surface area contributed by atoms with Crippen LogP contribution in [-0.2, 0) is 0 Å². The minimum Gasteiger partial charge on any atom is -0.181 e. The summed E-state index contributed by atoms with van der Waals surface area (Å²) >= 11 is 0. The fourth-order valence-corrected chi connectivity index (χ4v) is 4.09. The first-order chi connectivity index (χ1) is 9.68. The molecule has 2 aliphatic rings. The maximum atomic E-state index is 2.44. The summed E-state index contributed by atoms with van der Waals surface area (Å²) in [6, 6.07) is 11.5. The highest BCUT2D eigenvalue weighted by atomic mass is 15.6. The normalized spacial score (nSPS) is 30.9. The first-order valence-electron chi connectivity index (χ1n) is 8.05. The Morgan fingerprint density at radius 2 is 1.80 bits per heavy atom. The van der Waals surface area contributed by atoms with Gasteiger partial charge >= 0.3 is 0 Å². The molecule has 0 bridgehead atoms. The quantitative estimate of drug-likeness (QED) is 0.740. The largest absolute Gasteiger partial charge is 0.188 e. The third kappa shape index (κ3) is 2.36. The number of benzene rings is 1. The Hall–Kier alpha value is -1.31. The smallest absolute Gasteiger partial charge is 0.181 e. The van der Waals surface area contributed by atoms with E-state index in [-0.39, 0.29) is 0 Å². The topological polar surface area (TPSA) is 6.25 Å². The molecular formula is C18H27N2+. The monoisotopic (exact) mass is 271 g/mol. The summed E-state index contributed by atoms with van der Waals surface area (Å²) in [6.45, 7) is 2.44. The lowest BCUT2D eigenvalue weighted by molar-refractivity contribution is -0.662. The second-order valence-electron chi connectivity index (χ2n) is 6.59. The summed E-state index contributed by atoms with van der Waals surface area (Å²) in [7, 11) is 4.48. The van der Waals surface area contributed by atoms with Crippen molar-refractivity contribution in [3.05, 3.63) is 35.9 Å². The Balaban J connectivity index is 1.83. The fraction of sp³-hybridized carbons (Fsp3) is 0.611. The SMILES string of the molecule is CC1CCCCC1C1=[N+](C)N(C)C(c2ccccc2)C1. The summed E-state index contributed by atoms with van der Waals surface area (Å²) in [5.74, 6) is 1.65. The van der Waals surface area contributed by atoms with Gasteiger partial charge in [0.1, 0.15) is 6.04 Å². The highest BCUT2D eigenvalue weighted by Gasteiger charge is 2.41. The lowest BCUT2D eigenvalue weighted by Crippen LogP contribution is -2.32. The number of nitrogens with zero attached hydrogens (tertiary/aromatic N) is 2. The van der Waals surface area contributed by atoms with E-state index in [1.165, 1.54) is 37.7 Å². The molecule has 1 fully saturated rings. The van der Waals surface area contributed by atoms with Gasteiger partial charge in [0.2, 0.25) is 0 Å². The predicted molar refractivity (Wildman–Crippen MR) is 83.9 cm³/mol. The van der Waals surface area contributed by atoms with Gasteiger partial charge in [-0.2, -0.15) is 5.01 Å². The molecule has 0 saturated heterocycles. The zero-order valence-electron chi connectivity index (χ0n) is 13.0. The van der Waals surface area contributed by atoms with E-state index in [0.717, 1.165) is 11.8 Å². The van der Waals surface area contributed by atoms with Crippen molar-refractivity contribution in [3.63, 3.8) is 0 Å². The summed E-state index contributed by atoms with van der Waals surface area (Å²) in [4.78, 5) is 0. The van der Waals surface area contributed by atoms with E-state index in [2.05, 4.69) is 61.0 Å². The zero-order valence-corrected chi connectivity index (χ0v) is 13.0. The Labute approximate surface area is 123 Å². The van der Waals surface area contributed by atoms with Gasteiger partial charge in [-0.15, -0.1) is 4.68 Å². The molecule has 3 atom stereocenters. The van der Waals surface area contributed by atoms with Gasteiger partial charge in [-0.25, -0.2) is 0 Å². The van der Waals surface area contributed by atoms with Crippen LogP contribution in [-0.4, -0.2) is 29.5 Å². The fourth-order valence-electron chi connectivity index (χ4n) is 4.09. The Morgan fingerprint density at radius 1 is 1.10 bits per heavy atom. The van der Waals surface area contributed by atoms with Gasteiger partial charge < -0.3 is 0 Å². The highest BCUT2D eigenvalue weighted by molar-refractivity contribution is 5.84. The van der Waals surface area contributed by atoms with Crippen LogP contribution < -0.4 is 0 Å². The number of hydrazine groups is 1. The van der Waals surface area contributed by atoms with Gasteiger partial charge in [0, 0.05) is 5.92 Å². The molecule has 3 rings (SSSR count). The average molecular weight is 271 g/mol. The Kier molecular flexibility index (Phi) is 3.82. The summed E-state index contributed by atoms with van der Waals surface area (Å²) in [5.41, 5.74) is 3.11. The van der Waals surface area contributed by atoms with Crippen molar-refractivity contribution in [2.75, 3.05) is 14.1 Å². The third-order valence-corrected chi connectivity index (χ3v) is 5.47. The molecule has 2 nitrogen and oxygen atoms in total. The Bertz CT molecular complexity index is 491. The first-order valence-corrected chi connectivity index (χ1v) is 8.05. The van der Waals surface area contributed by atoms with Crippen molar-refractivity contribution < 1.29 is 4.68 Å². The van der Waals surface area contributed by atoms with E-state index < -0.39 is 0 Å². The maximum absolute atomic E-state index is 2.44. The zero-order chi connectivity index (χ0) is 14.1. The molecule has 1 aliphatic heterocycles. The molecule has 1 aliphatic carbocycles. The van der Waals surface area contributed by atoms with Crippen molar-refractivity contribution >= 4 is 5.71 Å². The van der Waals surface area contributed by atoms with Crippen LogP contribution in [0.1, 0.15) is 50.6 Å². The second-order valence-corrected chi connectivity index (χ2v) is 6.59. The summed E-state index contributed by atoms with van der Waals surface area (Å²) in [5, 5.41) is 2.42. The van der Waals surface area contributed by atoms with E-state index >= 15 is 0 Å². The van der Waals surface area contributed by atoms with Gasteiger partial charge in [-0.05, 0) is 24.3 Å². The van der Waals surface area contributed by atoms with Gasteiger partial charge in [0.05, 0.1) is 13.5 Å². The molecule has 108 valence electrons. The van der Waals surface area contributed by atoms with Crippen molar-refractivity contribution in [2.45, 2.75) is 45.1 Å². The van der Waals surface area contributed by atoms with Gasteiger partial charge in [0.25, 0.3) is 0 Å². The van der Waals surface area contributed by atoms with Crippen LogP contribution in [0.2, 0.25) is 0 Å². The van der Waals surface area contributed by atoms with E-state index in [1.54, 1.807) is 5.71 Å². The molecule has 1 aromatic carbocycles. The van der Waals surface area contributed by atoms with E-state index in [9.17, 15) is 0 Å². The van der Waals surface area contributed by atoms with Gasteiger partial charge in [0.15, 0.2) is 12.8 Å². The number of rotatable bonds is 2. The molecule has 0 radical (unpaired) electrons. The molecule has 0 spiro atoms. The highest BCUT2D eigenvalue weighted by Crippen LogP contribution is 2.37. The van der Waals surface area contributed by atoms with Gasteiger partial charge in [-0.1, -0.05) is 50.1 Å². The molecule has 3 unspecified atom stereocenters. The molecule has 1 heterocycles. The summed E-state index contributed by atoms with van der Waals surface area (Å²) in [6.07, 6.45) is 6.82. The predicted octanol–water partition coefficient (Wildman–Crippen LogP) is 3.89. The van der Waals surface area contributed by atoms with Crippen LogP contribution >= 0.6 is 0 Å². The minimum absolute atomic E-state index is 0.519. The van der Waals surface area contributed by atoms with Crippen molar-refractivity contribution in [3.8, 4) is 0 Å². The van der Waals surface area contributed by atoms with Crippen molar-refractivity contribution in [1.82, 2.24) is 5.01 Å². The van der Waals surface area contributed by atoms with Crippen LogP contribution in [0.5, 0.6) is 0 Å². The molecule has 20 heavy (non-hydrogen) atoms. The van der Waals surface area contributed by atoms with Crippen molar-refractivity contribution in [2.24, 2.45) is 11.8 Å². The van der Waals surface area contributed by atoms with Gasteiger partial charge in [-0.3, -0.25) is 0 Å². The third-order valence-electron chi connectivity index (χ3n) is 5.47. The maximum Gasteiger partial charge on any atom is 0.188 e. The first kappa shape index (κ1) is 13.7. The average Bonchev–Trinajstić information content (AvgIpc) is 2.77. The van der Waals surface area contributed by atoms with Crippen LogP contribution in [0, 0.1) is 11.8 Å². The molecule has 0 aromatic heterocycles. The number of hydrazone groups is 1. The number of hydrogen-bond acceptors (Lipinski definition) is 1. The molecule has 0 amide bonds. The van der Waals surface area contributed by atoms with Crippen LogP contribution in [0.3, 0.4) is 0 Å². The van der Waals surface area contributed by atoms with Crippen LogP contribution in [0.15, 0.2) is 30.3 Å². The lowest BCUT2D eigenvalue weighted by Gasteiger charge is -2.26. The summed E-state index contributed by atoms with van der Waals surface area (Å²) < 4.78 is 2.43. The molecule has 1 saturated carbocycles. The van der Waals surface area contributed by atoms with Crippen LogP contribution in [0.25, 0.3) is 0 Å².